The molecule has 0 spiro atoms. The zero-order valence-corrected chi connectivity index (χ0v) is 15.7. The number of ketones is 1. The Labute approximate surface area is 160 Å². The van der Waals surface area contributed by atoms with E-state index in [1.165, 1.54) is 30.1 Å². The Hall–Kier alpha value is -2.80. The van der Waals surface area contributed by atoms with E-state index in [9.17, 15) is 14.0 Å². The summed E-state index contributed by atoms with van der Waals surface area (Å²) in [6, 6.07) is 11.5. The number of nitrogens with zero attached hydrogens (tertiary/aromatic N) is 2. The number of halogens is 1. The number of carbonyl (C=O) groups excluding carboxylic acids is 2. The summed E-state index contributed by atoms with van der Waals surface area (Å²) in [5.74, 6) is -0.650. The molecule has 1 aliphatic heterocycles. The van der Waals surface area contributed by atoms with E-state index in [1.807, 2.05) is 32.0 Å². The number of hydrogen-bond acceptors (Lipinski definition) is 5. The fourth-order valence-electron chi connectivity index (χ4n) is 2.60. The predicted octanol–water partition coefficient (Wildman–Crippen LogP) is 3.64. The third kappa shape index (κ3) is 4.89. The molecule has 7 heteroatoms. The Balaban J connectivity index is 1.64. The van der Waals surface area contributed by atoms with Gasteiger partial charge in [0.1, 0.15) is 5.82 Å². The molecule has 138 valence electrons. The molecule has 3 rings (SSSR count). The van der Waals surface area contributed by atoms with Crippen molar-refractivity contribution in [3.8, 4) is 0 Å². The maximum Gasteiger partial charge on any atom is 0.240 e. The maximum absolute atomic E-state index is 12.9. The van der Waals surface area contributed by atoms with Gasteiger partial charge in [-0.25, -0.2) is 4.39 Å². The molecular weight excluding hydrogens is 365 g/mol. The largest absolute Gasteiger partial charge is 0.303 e. The van der Waals surface area contributed by atoms with Gasteiger partial charge in [-0.3, -0.25) is 9.59 Å². The van der Waals surface area contributed by atoms with Gasteiger partial charge in [-0.2, -0.15) is 5.10 Å². The van der Waals surface area contributed by atoms with Crippen LogP contribution in [0.3, 0.4) is 0 Å². The van der Waals surface area contributed by atoms with Crippen LogP contribution < -0.4 is 5.32 Å². The molecule has 0 aromatic heterocycles. The lowest BCUT2D eigenvalue weighted by Crippen LogP contribution is -2.26. The molecule has 1 aliphatic rings. The van der Waals surface area contributed by atoms with Gasteiger partial charge in [-0.05, 0) is 43.2 Å². The van der Waals surface area contributed by atoms with E-state index in [2.05, 4.69) is 15.5 Å². The van der Waals surface area contributed by atoms with Crippen LogP contribution >= 0.6 is 11.8 Å². The van der Waals surface area contributed by atoms with Crippen LogP contribution in [0.1, 0.15) is 33.5 Å². The highest BCUT2D eigenvalue weighted by Crippen LogP contribution is 2.25. The van der Waals surface area contributed by atoms with Crippen LogP contribution in [0.2, 0.25) is 0 Å². The van der Waals surface area contributed by atoms with E-state index in [4.69, 9.17) is 0 Å². The first-order valence-electron chi connectivity index (χ1n) is 8.37. The van der Waals surface area contributed by atoms with Crippen molar-refractivity contribution >= 4 is 34.8 Å². The number of aryl methyl sites for hydroxylation is 2. The van der Waals surface area contributed by atoms with Crippen LogP contribution in [0, 0.1) is 19.7 Å². The molecule has 1 saturated heterocycles. The van der Waals surface area contributed by atoms with Gasteiger partial charge in [0.2, 0.25) is 5.91 Å². The van der Waals surface area contributed by atoms with Crippen molar-refractivity contribution < 1.29 is 14.0 Å². The number of nitrogens with one attached hydrogen (secondary N) is 1. The summed E-state index contributed by atoms with van der Waals surface area (Å²) in [5, 5.41) is 10.3. The van der Waals surface area contributed by atoms with Gasteiger partial charge in [0.05, 0.1) is 11.5 Å². The molecule has 0 radical (unpaired) electrons. The highest BCUT2D eigenvalue weighted by Gasteiger charge is 2.32. The van der Waals surface area contributed by atoms with E-state index in [0.717, 1.165) is 11.1 Å². The predicted molar refractivity (Wildman–Crippen MR) is 106 cm³/mol. The summed E-state index contributed by atoms with van der Waals surface area (Å²) < 4.78 is 12.9. The first-order chi connectivity index (χ1) is 12.9. The molecule has 0 bridgehead atoms. The van der Waals surface area contributed by atoms with Gasteiger partial charge < -0.3 is 5.32 Å². The fourth-order valence-corrected chi connectivity index (χ4v) is 3.52. The number of amidine groups is 1. The summed E-state index contributed by atoms with van der Waals surface area (Å²) in [6.07, 6.45) is 1.56. The normalized spacial score (nSPS) is 18.3. The lowest BCUT2D eigenvalue weighted by molar-refractivity contribution is -0.118. The van der Waals surface area contributed by atoms with Crippen molar-refractivity contribution in [3.05, 3.63) is 70.5 Å². The molecule has 1 N–H and O–H groups in total. The minimum absolute atomic E-state index is 0.0695. The summed E-state index contributed by atoms with van der Waals surface area (Å²) >= 11 is 1.18. The van der Waals surface area contributed by atoms with Crippen LogP contribution in [-0.4, -0.2) is 28.3 Å². The number of benzene rings is 2. The third-order valence-electron chi connectivity index (χ3n) is 4.07. The standard InChI is InChI=1S/C20H18FN3O2S/c1-12-3-4-13(2)16(9-12)17(25)10-18-19(26)23-20(27-18)24-22-11-14-5-7-15(21)8-6-14/h3-9,11,18H,10H2,1-2H3,(H,23,24,26)/b22-11+. The number of carbonyl (C=O) groups is 2. The van der Waals surface area contributed by atoms with Crippen molar-refractivity contribution in [2.45, 2.75) is 25.5 Å². The second-order valence-electron chi connectivity index (χ2n) is 6.24. The minimum Gasteiger partial charge on any atom is -0.303 e. The van der Waals surface area contributed by atoms with Gasteiger partial charge in [-0.1, -0.05) is 41.6 Å². The van der Waals surface area contributed by atoms with Crippen LogP contribution in [0.25, 0.3) is 0 Å². The maximum atomic E-state index is 12.9. The lowest BCUT2D eigenvalue weighted by Gasteiger charge is -2.08. The highest BCUT2D eigenvalue weighted by molar-refractivity contribution is 8.15. The zero-order valence-electron chi connectivity index (χ0n) is 14.9. The van der Waals surface area contributed by atoms with Crippen molar-refractivity contribution in [1.82, 2.24) is 5.32 Å². The fraction of sp³-hybridized carbons (Fsp3) is 0.200. The SMILES string of the molecule is Cc1ccc(C)c(C(=O)CC2S/C(=N\N=C\c3ccc(F)cc3)NC2=O)c1. The van der Waals surface area contributed by atoms with Gasteiger partial charge in [0, 0.05) is 12.0 Å². The van der Waals surface area contributed by atoms with E-state index >= 15 is 0 Å². The van der Waals surface area contributed by atoms with Crippen molar-refractivity contribution in [2.75, 3.05) is 0 Å². The molecule has 27 heavy (non-hydrogen) atoms. The first-order valence-corrected chi connectivity index (χ1v) is 9.25. The number of rotatable bonds is 5. The Bertz CT molecular complexity index is 939. The average molecular weight is 383 g/mol. The van der Waals surface area contributed by atoms with E-state index in [-0.39, 0.29) is 23.9 Å². The third-order valence-corrected chi connectivity index (χ3v) is 5.14. The van der Waals surface area contributed by atoms with Gasteiger partial charge in [0.25, 0.3) is 0 Å². The Morgan fingerprint density at radius 2 is 1.96 bits per heavy atom. The topological polar surface area (TPSA) is 70.9 Å². The zero-order chi connectivity index (χ0) is 19.4. The molecule has 1 amide bonds. The second-order valence-corrected chi connectivity index (χ2v) is 7.43. The molecule has 2 aromatic carbocycles. The monoisotopic (exact) mass is 383 g/mol. The lowest BCUT2D eigenvalue weighted by atomic mass is 9.99. The minimum atomic E-state index is -0.530. The summed E-state index contributed by atoms with van der Waals surface area (Å²) in [6.45, 7) is 3.81. The quantitative estimate of drug-likeness (QED) is 0.487. The van der Waals surface area contributed by atoms with Crippen molar-refractivity contribution in [2.24, 2.45) is 10.2 Å². The van der Waals surface area contributed by atoms with Crippen LogP contribution in [0.4, 0.5) is 4.39 Å². The Morgan fingerprint density at radius 1 is 1.22 bits per heavy atom. The van der Waals surface area contributed by atoms with Crippen LogP contribution in [0.5, 0.6) is 0 Å². The number of Topliss-reactive ketones (excluding diaryl/α,β-unsaturated/α-hetero) is 1. The van der Waals surface area contributed by atoms with Crippen molar-refractivity contribution in [3.63, 3.8) is 0 Å². The number of amides is 1. The van der Waals surface area contributed by atoms with Gasteiger partial charge >= 0.3 is 0 Å². The number of thioether (sulfide) groups is 1. The molecule has 0 saturated carbocycles. The molecule has 1 atom stereocenters. The average Bonchev–Trinajstić information content (AvgIpc) is 2.98. The van der Waals surface area contributed by atoms with E-state index in [1.54, 1.807) is 12.1 Å². The molecule has 1 unspecified atom stereocenters. The first kappa shape index (κ1) is 19.0. The van der Waals surface area contributed by atoms with E-state index < -0.39 is 5.25 Å². The Kier molecular flexibility index (Phi) is 5.81. The van der Waals surface area contributed by atoms with E-state index in [0.29, 0.717) is 16.3 Å². The summed E-state index contributed by atoms with van der Waals surface area (Å²) in [5.41, 5.74) is 3.23. The molecule has 2 aromatic rings. The smallest absolute Gasteiger partial charge is 0.240 e. The van der Waals surface area contributed by atoms with Gasteiger partial charge in [-0.15, -0.1) is 5.10 Å². The molecular formula is C20H18FN3O2S. The Morgan fingerprint density at radius 3 is 2.70 bits per heavy atom. The van der Waals surface area contributed by atoms with Crippen LogP contribution in [0.15, 0.2) is 52.7 Å². The van der Waals surface area contributed by atoms with Gasteiger partial charge in [0.15, 0.2) is 11.0 Å². The van der Waals surface area contributed by atoms with Crippen molar-refractivity contribution in [1.29, 1.82) is 0 Å². The molecule has 0 aliphatic carbocycles. The summed E-state index contributed by atoms with van der Waals surface area (Å²) in [7, 11) is 0. The molecule has 1 fully saturated rings. The molecule has 1 heterocycles. The number of hydrogen-bond donors (Lipinski definition) is 1. The molecule has 5 nitrogen and oxygen atoms in total. The van der Waals surface area contributed by atoms with Crippen LogP contribution in [-0.2, 0) is 4.79 Å². The second kappa shape index (κ2) is 8.26. The highest BCUT2D eigenvalue weighted by atomic mass is 32.2. The summed E-state index contributed by atoms with van der Waals surface area (Å²) in [4.78, 5) is 24.7.